The molecule has 0 spiro atoms. The maximum absolute atomic E-state index is 12.3. The zero-order valence-corrected chi connectivity index (χ0v) is 18.2. The third-order valence-corrected chi connectivity index (χ3v) is 6.38. The number of nitrogens with zero attached hydrogens (tertiary/aromatic N) is 4. The summed E-state index contributed by atoms with van der Waals surface area (Å²) in [4.78, 5) is 14.8. The molecule has 1 aromatic heterocycles. The first-order chi connectivity index (χ1) is 15.8. The molecule has 1 fully saturated rings. The van der Waals surface area contributed by atoms with Gasteiger partial charge in [-0.3, -0.25) is 9.69 Å². The number of carbonyl (C=O) groups is 1. The second-order valence-corrected chi connectivity index (χ2v) is 8.55. The highest BCUT2D eigenvalue weighted by molar-refractivity contribution is 5.78. The van der Waals surface area contributed by atoms with Crippen LogP contribution >= 0.6 is 0 Å². The van der Waals surface area contributed by atoms with Gasteiger partial charge in [-0.1, -0.05) is 54.6 Å². The van der Waals surface area contributed by atoms with E-state index in [9.17, 15) is 4.79 Å². The van der Waals surface area contributed by atoms with Crippen LogP contribution in [-0.4, -0.2) is 51.9 Å². The lowest BCUT2D eigenvalue weighted by Gasteiger charge is -2.20. The fourth-order valence-corrected chi connectivity index (χ4v) is 4.46. The lowest BCUT2D eigenvalue weighted by Crippen LogP contribution is -2.32. The number of carbonyl (C=O) groups excluding carboxylic acids is 1. The zero-order chi connectivity index (χ0) is 21.8. The molecular formula is C25H29N5O2. The van der Waals surface area contributed by atoms with E-state index in [2.05, 4.69) is 73.5 Å². The third-order valence-electron chi connectivity index (χ3n) is 6.38. The number of benzene rings is 2. The van der Waals surface area contributed by atoms with Crippen LogP contribution in [-0.2, 0) is 35.6 Å². The molecule has 1 saturated heterocycles. The van der Waals surface area contributed by atoms with Crippen LogP contribution in [0.5, 0.6) is 0 Å². The predicted octanol–water partition coefficient (Wildman–Crippen LogP) is 2.66. The van der Waals surface area contributed by atoms with Gasteiger partial charge in [0.25, 0.3) is 0 Å². The first-order valence-electron chi connectivity index (χ1n) is 11.4. The second kappa shape index (κ2) is 9.63. The fraction of sp³-hybridized carbons (Fsp3) is 0.400. The summed E-state index contributed by atoms with van der Waals surface area (Å²) in [6.45, 7) is 5.24. The van der Waals surface area contributed by atoms with Crippen molar-refractivity contribution in [1.82, 2.24) is 25.0 Å². The number of hydrogen-bond donors (Lipinski definition) is 1. The minimum Gasteiger partial charge on any atom is -0.381 e. The largest absolute Gasteiger partial charge is 0.381 e. The van der Waals surface area contributed by atoms with Crippen molar-refractivity contribution in [2.75, 3.05) is 26.3 Å². The molecular weight excluding hydrogens is 402 g/mol. The highest BCUT2D eigenvalue weighted by Gasteiger charge is 2.24. The Morgan fingerprint density at radius 3 is 2.59 bits per heavy atom. The van der Waals surface area contributed by atoms with E-state index in [1.807, 2.05) is 6.07 Å². The van der Waals surface area contributed by atoms with E-state index in [1.54, 1.807) is 0 Å². The van der Waals surface area contributed by atoms with E-state index < -0.39 is 0 Å². The van der Waals surface area contributed by atoms with Crippen LogP contribution < -0.4 is 5.32 Å². The number of amides is 1. The Hall–Kier alpha value is -3.03. The number of aromatic nitrogens is 3. The molecule has 1 amide bonds. The SMILES string of the molecule is O=C(NCc1nnc2n1CCN(Cc1ccc(-c3ccccc3)cc1)CC2)[C@H]1CCOC1. The lowest BCUT2D eigenvalue weighted by molar-refractivity contribution is -0.125. The van der Waals surface area contributed by atoms with Gasteiger partial charge in [0.05, 0.1) is 19.1 Å². The van der Waals surface area contributed by atoms with Gasteiger partial charge in [0.2, 0.25) is 5.91 Å². The molecule has 5 rings (SSSR count). The Balaban J connectivity index is 1.17. The number of nitrogens with one attached hydrogen (secondary N) is 1. The van der Waals surface area contributed by atoms with Crippen molar-refractivity contribution < 1.29 is 9.53 Å². The first-order valence-corrected chi connectivity index (χ1v) is 11.4. The van der Waals surface area contributed by atoms with Gasteiger partial charge < -0.3 is 14.6 Å². The average Bonchev–Trinajstić information content (AvgIpc) is 3.47. The monoisotopic (exact) mass is 431 g/mol. The second-order valence-electron chi connectivity index (χ2n) is 8.55. The van der Waals surface area contributed by atoms with Crippen molar-refractivity contribution in [1.29, 1.82) is 0 Å². The first kappa shape index (κ1) is 20.8. The van der Waals surface area contributed by atoms with Gasteiger partial charge >= 0.3 is 0 Å². The molecule has 32 heavy (non-hydrogen) atoms. The molecule has 2 aliphatic rings. The van der Waals surface area contributed by atoms with Crippen LogP contribution in [0, 0.1) is 5.92 Å². The van der Waals surface area contributed by atoms with Gasteiger partial charge in [-0.05, 0) is 23.1 Å². The molecule has 1 atom stereocenters. The Morgan fingerprint density at radius 1 is 1.00 bits per heavy atom. The van der Waals surface area contributed by atoms with E-state index in [1.165, 1.54) is 16.7 Å². The standard InChI is InChI=1S/C25H29N5O2/c31-25(22-11-15-32-18-22)26-16-24-28-27-23-10-12-29(13-14-30(23)24)17-19-6-8-21(9-7-19)20-4-2-1-3-5-20/h1-9,22H,10-18H2,(H,26,31)/t22-/m0/s1. The molecule has 3 aromatic rings. The Bertz CT molecular complexity index is 1040. The molecule has 3 heterocycles. The Kier molecular flexibility index (Phi) is 6.27. The van der Waals surface area contributed by atoms with Gasteiger partial charge in [-0.2, -0.15) is 0 Å². The number of fused-ring (bicyclic) bond motifs is 1. The van der Waals surface area contributed by atoms with E-state index in [4.69, 9.17) is 4.74 Å². The van der Waals surface area contributed by atoms with Gasteiger partial charge in [0.1, 0.15) is 5.82 Å². The van der Waals surface area contributed by atoms with Crippen molar-refractivity contribution in [3.05, 3.63) is 71.8 Å². The van der Waals surface area contributed by atoms with E-state index >= 15 is 0 Å². The van der Waals surface area contributed by atoms with Gasteiger partial charge in [0.15, 0.2) is 5.82 Å². The summed E-state index contributed by atoms with van der Waals surface area (Å²) < 4.78 is 7.48. The summed E-state index contributed by atoms with van der Waals surface area (Å²) in [5, 5.41) is 11.7. The van der Waals surface area contributed by atoms with Crippen LogP contribution in [0.4, 0.5) is 0 Å². The summed E-state index contributed by atoms with van der Waals surface area (Å²) in [5.41, 5.74) is 3.80. The molecule has 2 aliphatic heterocycles. The normalized spacial score (nSPS) is 18.8. The van der Waals surface area contributed by atoms with Gasteiger partial charge in [-0.15, -0.1) is 10.2 Å². The fourth-order valence-electron chi connectivity index (χ4n) is 4.46. The molecule has 0 saturated carbocycles. The Morgan fingerprint density at radius 2 is 1.81 bits per heavy atom. The predicted molar refractivity (Wildman–Crippen MR) is 122 cm³/mol. The van der Waals surface area contributed by atoms with Crippen LogP contribution in [0.25, 0.3) is 11.1 Å². The summed E-state index contributed by atoms with van der Waals surface area (Å²) in [6, 6.07) is 19.3. The van der Waals surface area contributed by atoms with Crippen molar-refractivity contribution in [2.45, 2.75) is 32.5 Å². The maximum Gasteiger partial charge on any atom is 0.225 e. The number of ether oxygens (including phenoxy) is 1. The van der Waals surface area contributed by atoms with E-state index in [0.717, 1.165) is 50.7 Å². The summed E-state index contributed by atoms with van der Waals surface area (Å²) in [5.74, 6) is 1.85. The molecule has 0 aliphatic carbocycles. The highest BCUT2D eigenvalue weighted by Crippen LogP contribution is 2.20. The maximum atomic E-state index is 12.3. The van der Waals surface area contributed by atoms with Crippen LogP contribution in [0.15, 0.2) is 54.6 Å². The topological polar surface area (TPSA) is 72.3 Å². The summed E-state index contributed by atoms with van der Waals surface area (Å²) >= 11 is 0. The quantitative estimate of drug-likeness (QED) is 0.650. The number of rotatable bonds is 6. The smallest absolute Gasteiger partial charge is 0.225 e. The van der Waals surface area contributed by atoms with Crippen LogP contribution in [0.2, 0.25) is 0 Å². The molecule has 7 heteroatoms. The van der Waals surface area contributed by atoms with E-state index in [-0.39, 0.29) is 11.8 Å². The molecule has 0 unspecified atom stereocenters. The average molecular weight is 432 g/mol. The Labute approximate surface area is 188 Å². The van der Waals surface area contributed by atoms with E-state index in [0.29, 0.717) is 19.8 Å². The molecule has 7 nitrogen and oxygen atoms in total. The van der Waals surface area contributed by atoms with Crippen molar-refractivity contribution in [2.24, 2.45) is 5.92 Å². The van der Waals surface area contributed by atoms with Crippen molar-refractivity contribution in [3.8, 4) is 11.1 Å². The lowest BCUT2D eigenvalue weighted by atomic mass is 10.0. The van der Waals surface area contributed by atoms with Crippen LogP contribution in [0.1, 0.15) is 23.6 Å². The summed E-state index contributed by atoms with van der Waals surface area (Å²) in [6.07, 6.45) is 1.66. The highest BCUT2D eigenvalue weighted by atomic mass is 16.5. The van der Waals surface area contributed by atoms with Crippen molar-refractivity contribution >= 4 is 5.91 Å². The van der Waals surface area contributed by atoms with Crippen molar-refractivity contribution in [3.63, 3.8) is 0 Å². The molecule has 1 N–H and O–H groups in total. The van der Waals surface area contributed by atoms with Gasteiger partial charge in [-0.25, -0.2) is 0 Å². The van der Waals surface area contributed by atoms with Gasteiger partial charge in [0, 0.05) is 39.2 Å². The third kappa shape index (κ3) is 4.74. The minimum atomic E-state index is -0.0368. The molecule has 2 aromatic carbocycles. The molecule has 166 valence electrons. The minimum absolute atomic E-state index is 0.0368. The van der Waals surface area contributed by atoms with Crippen LogP contribution in [0.3, 0.4) is 0 Å². The molecule has 0 radical (unpaired) electrons. The summed E-state index contributed by atoms with van der Waals surface area (Å²) in [7, 11) is 0. The number of hydrogen-bond acceptors (Lipinski definition) is 5. The zero-order valence-electron chi connectivity index (χ0n) is 18.2. The molecule has 0 bridgehead atoms.